The molecule has 0 fully saturated rings. The molecule has 0 saturated heterocycles. The lowest BCUT2D eigenvalue weighted by molar-refractivity contribution is 0.180. The van der Waals surface area contributed by atoms with Crippen LogP contribution in [0.4, 0.5) is 0 Å². The monoisotopic (exact) mass is 465 g/mol. The second-order valence-electron chi connectivity index (χ2n) is 5.59. The highest BCUT2D eigenvalue weighted by Crippen LogP contribution is 2.10. The van der Waals surface area contributed by atoms with Gasteiger partial charge in [0.25, 0.3) is 0 Å². The van der Waals surface area contributed by atoms with Crippen molar-refractivity contribution < 1.29 is 9.84 Å². The van der Waals surface area contributed by atoms with Crippen LogP contribution >= 0.6 is 24.0 Å². The summed E-state index contributed by atoms with van der Waals surface area (Å²) in [5.41, 5.74) is 0.822. The number of aliphatic imine (C=N–C) groups is 1. The van der Waals surface area contributed by atoms with Gasteiger partial charge >= 0.3 is 0 Å². The van der Waals surface area contributed by atoms with E-state index in [-0.39, 0.29) is 24.0 Å². The van der Waals surface area contributed by atoms with Gasteiger partial charge in [0.15, 0.2) is 5.96 Å². The minimum Gasteiger partial charge on any atom is -0.386 e. The van der Waals surface area contributed by atoms with Gasteiger partial charge in [0.1, 0.15) is 0 Å². The van der Waals surface area contributed by atoms with Gasteiger partial charge < -0.3 is 25.4 Å². The fourth-order valence-corrected chi connectivity index (χ4v) is 2.17. The number of aromatic nitrogens is 1. The molecule has 0 radical (unpaired) electrons. The molecule has 0 saturated carbocycles. The number of hydrogen-bond donors (Lipinski definition) is 3. The Kier molecular flexibility index (Phi) is 14.7. The molecule has 1 aromatic rings. The Balaban J connectivity index is 0.00000576. The van der Waals surface area contributed by atoms with E-state index in [1.807, 2.05) is 6.92 Å². The lowest BCUT2D eigenvalue weighted by Gasteiger charge is -2.18. The predicted octanol–water partition coefficient (Wildman–Crippen LogP) is 1.26. The van der Waals surface area contributed by atoms with Crippen LogP contribution in [0.3, 0.4) is 0 Å². The third kappa shape index (κ3) is 11.3. The largest absolute Gasteiger partial charge is 0.386 e. The van der Waals surface area contributed by atoms with Gasteiger partial charge in [-0.1, -0.05) is 0 Å². The number of rotatable bonds is 11. The molecule has 1 rings (SSSR count). The van der Waals surface area contributed by atoms with Gasteiger partial charge in [-0.05, 0) is 38.1 Å². The Bertz CT molecular complexity index is 462. The first-order valence-corrected chi connectivity index (χ1v) is 8.45. The van der Waals surface area contributed by atoms with Crippen LogP contribution in [0.25, 0.3) is 0 Å². The maximum Gasteiger partial charge on any atom is 0.191 e. The molecule has 0 amide bonds. The molecule has 1 heterocycles. The quantitative estimate of drug-likeness (QED) is 0.198. The minimum absolute atomic E-state index is 0. The Morgan fingerprint density at radius 2 is 2.04 bits per heavy atom. The van der Waals surface area contributed by atoms with Gasteiger partial charge in [-0.3, -0.25) is 9.98 Å². The maximum atomic E-state index is 10.2. The highest BCUT2D eigenvalue weighted by atomic mass is 127. The van der Waals surface area contributed by atoms with Crippen LogP contribution in [-0.4, -0.2) is 74.4 Å². The topological polar surface area (TPSA) is 82.0 Å². The number of hydrogen-bond acceptors (Lipinski definition) is 5. The van der Waals surface area contributed by atoms with E-state index in [0.29, 0.717) is 6.54 Å². The van der Waals surface area contributed by atoms with E-state index in [4.69, 9.17) is 4.74 Å². The first-order chi connectivity index (χ1) is 11.7. The molecule has 8 heteroatoms. The van der Waals surface area contributed by atoms with Crippen molar-refractivity contribution in [3.8, 4) is 0 Å². The van der Waals surface area contributed by atoms with E-state index in [1.54, 1.807) is 31.6 Å². The van der Waals surface area contributed by atoms with Gasteiger partial charge in [0.05, 0.1) is 12.6 Å². The molecule has 1 unspecified atom stereocenters. The zero-order chi connectivity index (χ0) is 17.6. The summed E-state index contributed by atoms with van der Waals surface area (Å²) in [5.74, 6) is 0.718. The number of guanidine groups is 1. The van der Waals surface area contributed by atoms with E-state index in [2.05, 4.69) is 32.6 Å². The average molecular weight is 465 g/mol. The molecule has 1 aromatic heterocycles. The average Bonchev–Trinajstić information content (AvgIpc) is 2.60. The minimum atomic E-state index is -0.625. The first-order valence-electron chi connectivity index (χ1n) is 8.45. The number of nitrogens with one attached hydrogen (secondary N) is 2. The van der Waals surface area contributed by atoms with Crippen LogP contribution in [0.5, 0.6) is 0 Å². The van der Waals surface area contributed by atoms with Gasteiger partial charge in [-0.2, -0.15) is 0 Å². The lowest BCUT2D eigenvalue weighted by atomic mass is 10.1. The van der Waals surface area contributed by atoms with Gasteiger partial charge in [-0.15, -0.1) is 24.0 Å². The number of methoxy groups -OCH3 is 1. The molecule has 0 aliphatic carbocycles. The number of halogens is 1. The molecule has 0 aromatic carbocycles. The van der Waals surface area contributed by atoms with Crippen molar-refractivity contribution in [1.29, 1.82) is 0 Å². The van der Waals surface area contributed by atoms with E-state index in [1.165, 1.54) is 0 Å². The molecule has 7 nitrogen and oxygen atoms in total. The molecule has 25 heavy (non-hydrogen) atoms. The fourth-order valence-electron chi connectivity index (χ4n) is 2.17. The van der Waals surface area contributed by atoms with Crippen molar-refractivity contribution in [3.63, 3.8) is 0 Å². The third-order valence-electron chi connectivity index (χ3n) is 3.53. The molecule has 144 valence electrons. The summed E-state index contributed by atoms with van der Waals surface area (Å²) in [6.45, 7) is 6.61. The van der Waals surface area contributed by atoms with Crippen molar-refractivity contribution in [1.82, 2.24) is 20.5 Å². The molecular weight excluding hydrogens is 433 g/mol. The fraction of sp³-hybridized carbons (Fsp3) is 0.647. The predicted molar refractivity (Wildman–Crippen MR) is 113 cm³/mol. The third-order valence-corrected chi connectivity index (χ3v) is 3.53. The van der Waals surface area contributed by atoms with E-state index in [9.17, 15) is 5.11 Å². The van der Waals surface area contributed by atoms with Crippen molar-refractivity contribution in [2.24, 2.45) is 4.99 Å². The highest BCUT2D eigenvalue weighted by molar-refractivity contribution is 14.0. The standard InChI is InChI=1S/C17H31N5O2.HI/c1-4-19-17(20-10-12-22(2)11-5-13-24-3)21-14-16(23)15-6-8-18-9-7-15;/h6-9,16,23H,4-5,10-14H2,1-3H3,(H2,19,20,21);1H. The Morgan fingerprint density at radius 3 is 2.68 bits per heavy atom. The highest BCUT2D eigenvalue weighted by Gasteiger charge is 2.07. The Hall–Kier alpha value is -0.970. The molecule has 0 spiro atoms. The number of nitrogens with zero attached hydrogens (tertiary/aromatic N) is 3. The van der Waals surface area contributed by atoms with Crippen LogP contribution in [0.1, 0.15) is 25.0 Å². The van der Waals surface area contributed by atoms with Crippen LogP contribution in [-0.2, 0) is 4.74 Å². The van der Waals surface area contributed by atoms with Crippen molar-refractivity contribution in [2.75, 3.05) is 53.5 Å². The zero-order valence-electron chi connectivity index (χ0n) is 15.4. The summed E-state index contributed by atoms with van der Waals surface area (Å²) in [7, 11) is 3.82. The summed E-state index contributed by atoms with van der Waals surface area (Å²) < 4.78 is 5.06. The summed E-state index contributed by atoms with van der Waals surface area (Å²) >= 11 is 0. The summed E-state index contributed by atoms with van der Waals surface area (Å²) in [4.78, 5) is 10.7. The number of pyridine rings is 1. The summed E-state index contributed by atoms with van der Waals surface area (Å²) in [6.07, 6.45) is 3.75. The number of aliphatic hydroxyl groups excluding tert-OH is 1. The van der Waals surface area contributed by atoms with E-state index >= 15 is 0 Å². The molecule has 0 aliphatic rings. The maximum absolute atomic E-state index is 10.2. The molecule has 0 bridgehead atoms. The summed E-state index contributed by atoms with van der Waals surface area (Å²) in [6, 6.07) is 3.60. The molecule has 3 N–H and O–H groups in total. The zero-order valence-corrected chi connectivity index (χ0v) is 17.8. The van der Waals surface area contributed by atoms with Gasteiger partial charge in [-0.25, -0.2) is 0 Å². The smallest absolute Gasteiger partial charge is 0.191 e. The Labute approximate surface area is 168 Å². The molecular formula is C17H32IN5O2. The van der Waals surface area contributed by atoms with Gasteiger partial charge in [0, 0.05) is 52.3 Å². The SMILES string of the molecule is CCNC(=NCC(O)c1ccncc1)NCCN(C)CCCOC.I. The van der Waals surface area contributed by atoms with E-state index < -0.39 is 6.10 Å². The van der Waals surface area contributed by atoms with E-state index in [0.717, 1.165) is 50.7 Å². The number of likely N-dealkylation sites (N-methyl/N-ethyl adjacent to an activating group) is 1. The molecule has 0 aliphatic heterocycles. The number of aliphatic hydroxyl groups is 1. The van der Waals surface area contributed by atoms with Crippen LogP contribution < -0.4 is 10.6 Å². The van der Waals surface area contributed by atoms with Crippen molar-refractivity contribution >= 4 is 29.9 Å². The van der Waals surface area contributed by atoms with Crippen molar-refractivity contribution in [3.05, 3.63) is 30.1 Å². The van der Waals surface area contributed by atoms with Crippen LogP contribution in [0, 0.1) is 0 Å². The Morgan fingerprint density at radius 1 is 1.32 bits per heavy atom. The van der Waals surface area contributed by atoms with Gasteiger partial charge in [0.2, 0.25) is 0 Å². The lowest BCUT2D eigenvalue weighted by Crippen LogP contribution is -2.41. The first kappa shape index (κ1) is 24.0. The van der Waals surface area contributed by atoms with Crippen LogP contribution in [0.2, 0.25) is 0 Å². The summed E-state index contributed by atoms with van der Waals surface area (Å²) in [5, 5.41) is 16.6. The number of ether oxygens (including phenoxy) is 1. The normalized spacial score (nSPS) is 12.6. The molecule has 1 atom stereocenters. The van der Waals surface area contributed by atoms with Crippen LogP contribution in [0.15, 0.2) is 29.5 Å². The second kappa shape index (κ2) is 15.3. The van der Waals surface area contributed by atoms with Crippen molar-refractivity contribution in [2.45, 2.75) is 19.4 Å². The second-order valence-corrected chi connectivity index (χ2v) is 5.59.